The van der Waals surface area contributed by atoms with Gasteiger partial charge in [0.2, 0.25) is 11.8 Å². The Labute approximate surface area is 148 Å². The highest BCUT2D eigenvalue weighted by atomic mass is 16.5. The van der Waals surface area contributed by atoms with Gasteiger partial charge in [-0.1, -0.05) is 0 Å². The van der Waals surface area contributed by atoms with Crippen molar-refractivity contribution in [3.05, 3.63) is 18.5 Å². The zero-order valence-electron chi connectivity index (χ0n) is 15.2. The van der Waals surface area contributed by atoms with Crippen LogP contribution in [-0.4, -0.2) is 71.8 Å². The summed E-state index contributed by atoms with van der Waals surface area (Å²) in [5, 5.41) is 4.33. The van der Waals surface area contributed by atoms with Crippen molar-refractivity contribution in [1.82, 2.24) is 19.6 Å². The first kappa shape index (κ1) is 17.9. The topological polar surface area (TPSA) is 67.7 Å². The lowest BCUT2D eigenvalue weighted by molar-refractivity contribution is -0.146. The van der Waals surface area contributed by atoms with Crippen LogP contribution in [0.1, 0.15) is 32.1 Å². The van der Waals surface area contributed by atoms with E-state index in [1.54, 1.807) is 29.9 Å². The van der Waals surface area contributed by atoms with Gasteiger partial charge in [0.15, 0.2) is 0 Å². The Morgan fingerprint density at radius 1 is 1.24 bits per heavy atom. The van der Waals surface area contributed by atoms with Crippen LogP contribution in [0.3, 0.4) is 0 Å². The molecule has 2 saturated heterocycles. The van der Waals surface area contributed by atoms with E-state index in [1.165, 1.54) is 0 Å². The summed E-state index contributed by atoms with van der Waals surface area (Å²) in [7, 11) is 3.55. The fraction of sp³-hybridized carbons (Fsp3) is 0.722. The number of nitrogens with zero attached hydrogens (tertiary/aromatic N) is 4. The molecule has 0 saturated carbocycles. The van der Waals surface area contributed by atoms with Crippen LogP contribution in [-0.2, 0) is 19.9 Å². The molecule has 2 fully saturated rings. The maximum atomic E-state index is 12.9. The van der Waals surface area contributed by atoms with Gasteiger partial charge in [-0.05, 0) is 37.7 Å². The summed E-state index contributed by atoms with van der Waals surface area (Å²) in [4.78, 5) is 29.0. The number of carbonyl (C=O) groups excluding carboxylic acids is 2. The predicted octanol–water partition coefficient (Wildman–Crippen LogP) is 1.11. The highest BCUT2D eigenvalue weighted by molar-refractivity contribution is 5.85. The molecule has 0 atom stereocenters. The van der Waals surface area contributed by atoms with E-state index in [4.69, 9.17) is 4.74 Å². The molecule has 0 unspecified atom stereocenters. The molecule has 2 aliphatic rings. The quantitative estimate of drug-likeness (QED) is 0.817. The van der Waals surface area contributed by atoms with Gasteiger partial charge in [0.1, 0.15) is 5.54 Å². The van der Waals surface area contributed by atoms with Gasteiger partial charge in [0.05, 0.1) is 0 Å². The molecular weight excluding hydrogens is 320 g/mol. The summed E-state index contributed by atoms with van der Waals surface area (Å²) in [6.45, 7) is 2.72. The zero-order valence-corrected chi connectivity index (χ0v) is 15.2. The maximum absolute atomic E-state index is 12.9. The zero-order chi connectivity index (χ0) is 17.9. The second kappa shape index (κ2) is 7.56. The monoisotopic (exact) mass is 348 g/mol. The van der Waals surface area contributed by atoms with Crippen LogP contribution in [0.25, 0.3) is 0 Å². The SMILES string of the molecule is CN(C)C(=O)C1(n2cccn2)CCN(C(=O)CC2CCOCC2)CC1. The van der Waals surface area contributed by atoms with E-state index in [-0.39, 0.29) is 11.8 Å². The minimum absolute atomic E-state index is 0.0488. The number of likely N-dealkylation sites (N-methyl/N-ethyl adjacent to an activating group) is 1. The van der Waals surface area contributed by atoms with E-state index in [2.05, 4.69) is 5.10 Å². The van der Waals surface area contributed by atoms with E-state index in [9.17, 15) is 9.59 Å². The fourth-order valence-electron chi connectivity index (χ4n) is 3.93. The fourth-order valence-corrected chi connectivity index (χ4v) is 3.93. The highest BCUT2D eigenvalue weighted by Gasteiger charge is 2.45. The summed E-state index contributed by atoms with van der Waals surface area (Å²) >= 11 is 0. The highest BCUT2D eigenvalue weighted by Crippen LogP contribution is 2.32. The molecule has 0 aromatic carbocycles. The average Bonchev–Trinajstić information content (AvgIpc) is 3.17. The molecule has 3 heterocycles. The van der Waals surface area contributed by atoms with Crippen molar-refractivity contribution in [2.75, 3.05) is 40.4 Å². The van der Waals surface area contributed by atoms with Crippen LogP contribution < -0.4 is 0 Å². The molecule has 1 aromatic rings. The van der Waals surface area contributed by atoms with Gasteiger partial charge in [-0.2, -0.15) is 5.10 Å². The summed E-state index contributed by atoms with van der Waals surface area (Å²) < 4.78 is 7.14. The maximum Gasteiger partial charge on any atom is 0.250 e. The summed E-state index contributed by atoms with van der Waals surface area (Å²) in [6.07, 6.45) is 7.29. The third kappa shape index (κ3) is 3.71. The Hall–Kier alpha value is -1.89. The van der Waals surface area contributed by atoms with Crippen molar-refractivity contribution in [1.29, 1.82) is 0 Å². The van der Waals surface area contributed by atoms with Gasteiger partial charge in [-0.3, -0.25) is 14.3 Å². The molecule has 0 aliphatic carbocycles. The second-order valence-corrected chi connectivity index (χ2v) is 7.32. The Morgan fingerprint density at radius 3 is 2.48 bits per heavy atom. The number of hydrogen-bond acceptors (Lipinski definition) is 4. The van der Waals surface area contributed by atoms with Crippen LogP contribution >= 0.6 is 0 Å². The number of rotatable bonds is 4. The molecule has 7 nitrogen and oxygen atoms in total. The molecule has 0 bridgehead atoms. The van der Waals surface area contributed by atoms with Gasteiger partial charge >= 0.3 is 0 Å². The van der Waals surface area contributed by atoms with Crippen LogP contribution in [0.2, 0.25) is 0 Å². The largest absolute Gasteiger partial charge is 0.381 e. The van der Waals surface area contributed by atoms with E-state index >= 15 is 0 Å². The summed E-state index contributed by atoms with van der Waals surface area (Å²) in [6, 6.07) is 1.84. The van der Waals surface area contributed by atoms with E-state index < -0.39 is 5.54 Å². The van der Waals surface area contributed by atoms with Crippen molar-refractivity contribution in [3.63, 3.8) is 0 Å². The molecule has 1 aromatic heterocycles. The third-order valence-corrected chi connectivity index (χ3v) is 5.49. The molecule has 2 aliphatic heterocycles. The molecule has 7 heteroatoms. The van der Waals surface area contributed by atoms with Crippen LogP contribution in [0, 0.1) is 5.92 Å². The Balaban J connectivity index is 1.65. The predicted molar refractivity (Wildman–Crippen MR) is 92.9 cm³/mol. The van der Waals surface area contributed by atoms with Crippen molar-refractivity contribution in [3.8, 4) is 0 Å². The van der Waals surface area contributed by atoms with Gasteiger partial charge in [-0.15, -0.1) is 0 Å². The van der Waals surface area contributed by atoms with Crippen molar-refractivity contribution in [2.24, 2.45) is 5.92 Å². The number of carbonyl (C=O) groups is 2. The second-order valence-electron chi connectivity index (χ2n) is 7.32. The Kier molecular flexibility index (Phi) is 5.42. The summed E-state index contributed by atoms with van der Waals surface area (Å²) in [5.41, 5.74) is -0.678. The van der Waals surface area contributed by atoms with Gasteiger partial charge in [0.25, 0.3) is 0 Å². The van der Waals surface area contributed by atoms with Gasteiger partial charge < -0.3 is 14.5 Å². The number of likely N-dealkylation sites (tertiary alicyclic amines) is 1. The molecule has 2 amide bonds. The first-order valence-electron chi connectivity index (χ1n) is 9.10. The lowest BCUT2D eigenvalue weighted by Crippen LogP contribution is -2.56. The molecule has 3 rings (SSSR count). The van der Waals surface area contributed by atoms with Crippen LogP contribution in [0.15, 0.2) is 18.5 Å². The summed E-state index contributed by atoms with van der Waals surface area (Å²) in [5.74, 6) is 0.688. The normalized spacial score (nSPS) is 21.1. The van der Waals surface area contributed by atoms with E-state index in [1.807, 2.05) is 17.2 Å². The average molecular weight is 348 g/mol. The van der Waals surface area contributed by atoms with E-state index in [0.717, 1.165) is 26.1 Å². The molecule has 0 radical (unpaired) electrons. The lowest BCUT2D eigenvalue weighted by Gasteiger charge is -2.42. The molecular formula is C18H28N4O3. The smallest absolute Gasteiger partial charge is 0.250 e. The van der Waals surface area contributed by atoms with Crippen LogP contribution in [0.4, 0.5) is 0 Å². The van der Waals surface area contributed by atoms with Crippen molar-refractivity contribution in [2.45, 2.75) is 37.6 Å². The first-order chi connectivity index (χ1) is 12.0. The standard InChI is InChI=1S/C18H28N4O3/c1-20(2)17(24)18(22-9-3-8-19-22)6-10-21(11-7-18)16(23)14-15-4-12-25-13-5-15/h3,8-9,15H,4-7,10-14H2,1-2H3. The number of aromatic nitrogens is 2. The molecule has 25 heavy (non-hydrogen) atoms. The number of hydrogen-bond donors (Lipinski definition) is 0. The number of piperidine rings is 1. The third-order valence-electron chi connectivity index (χ3n) is 5.49. The molecule has 0 spiro atoms. The van der Waals surface area contributed by atoms with Crippen LogP contribution in [0.5, 0.6) is 0 Å². The minimum atomic E-state index is -0.678. The Bertz CT molecular complexity index is 585. The molecule has 138 valence electrons. The van der Waals surface area contributed by atoms with Crippen molar-refractivity contribution >= 4 is 11.8 Å². The Morgan fingerprint density at radius 2 is 1.92 bits per heavy atom. The number of amides is 2. The lowest BCUT2D eigenvalue weighted by atomic mass is 9.85. The van der Waals surface area contributed by atoms with E-state index in [0.29, 0.717) is 38.3 Å². The minimum Gasteiger partial charge on any atom is -0.381 e. The van der Waals surface area contributed by atoms with Gasteiger partial charge in [0, 0.05) is 59.2 Å². The molecule has 0 N–H and O–H groups in total. The van der Waals surface area contributed by atoms with Crippen molar-refractivity contribution < 1.29 is 14.3 Å². The first-order valence-corrected chi connectivity index (χ1v) is 9.10. The number of ether oxygens (including phenoxy) is 1. The van der Waals surface area contributed by atoms with Gasteiger partial charge in [-0.25, -0.2) is 0 Å².